The summed E-state index contributed by atoms with van der Waals surface area (Å²) in [5, 5.41) is 9.18. The Morgan fingerprint density at radius 2 is 1.91 bits per heavy atom. The lowest BCUT2D eigenvalue weighted by Crippen LogP contribution is -2.45. The van der Waals surface area contributed by atoms with E-state index >= 15 is 0 Å². The van der Waals surface area contributed by atoms with Gasteiger partial charge >= 0.3 is 0 Å². The average molecular weight is 463 g/mol. The monoisotopic (exact) mass is 462 g/mol. The van der Waals surface area contributed by atoms with Crippen LogP contribution in [0.4, 0.5) is 10.2 Å². The van der Waals surface area contributed by atoms with Crippen molar-refractivity contribution in [2.75, 3.05) is 18.0 Å². The first kappa shape index (κ1) is 20.4. The van der Waals surface area contributed by atoms with Gasteiger partial charge in [-0.15, -0.1) is 0 Å². The van der Waals surface area contributed by atoms with Crippen molar-refractivity contribution in [2.45, 2.75) is 35.3 Å². The Balaban J connectivity index is 1.13. The molecule has 0 unspecified atom stereocenters. The summed E-state index contributed by atoms with van der Waals surface area (Å²) in [4.78, 5) is 11.9. The van der Waals surface area contributed by atoms with Crippen molar-refractivity contribution in [1.29, 1.82) is 0 Å². The van der Waals surface area contributed by atoms with Crippen LogP contribution in [0.1, 0.15) is 24.6 Å². The van der Waals surface area contributed by atoms with Gasteiger partial charge in [-0.2, -0.15) is 10.2 Å². The highest BCUT2D eigenvalue weighted by Gasteiger charge is 2.46. The van der Waals surface area contributed by atoms with Gasteiger partial charge in [0.1, 0.15) is 16.5 Å². The molecule has 10 heteroatoms. The van der Waals surface area contributed by atoms with Crippen molar-refractivity contribution in [2.24, 2.45) is 11.1 Å². The summed E-state index contributed by atoms with van der Waals surface area (Å²) < 4.78 is 18.6. The van der Waals surface area contributed by atoms with E-state index in [9.17, 15) is 4.39 Å². The number of hydrogen-bond donors (Lipinski definition) is 1. The van der Waals surface area contributed by atoms with Gasteiger partial charge in [0.15, 0.2) is 5.82 Å². The fourth-order valence-corrected chi connectivity index (χ4v) is 5.68. The third kappa shape index (κ3) is 3.50. The SMILES string of the molecule is N[C@@H]1c2ccnn2CC12CCN(c1cnc(Sc3cccc(-n4cccn4)c3F)cn1)CC2. The number of aromatic nitrogens is 6. The van der Waals surface area contributed by atoms with E-state index in [4.69, 9.17) is 5.73 Å². The zero-order chi connectivity index (χ0) is 22.4. The molecule has 8 nitrogen and oxygen atoms in total. The number of rotatable bonds is 4. The molecule has 1 saturated heterocycles. The van der Waals surface area contributed by atoms with Gasteiger partial charge in [0.2, 0.25) is 0 Å². The molecule has 1 spiro atoms. The first-order valence-electron chi connectivity index (χ1n) is 10.9. The summed E-state index contributed by atoms with van der Waals surface area (Å²) in [7, 11) is 0. The van der Waals surface area contributed by atoms with Crippen LogP contribution in [0, 0.1) is 11.2 Å². The molecule has 1 aromatic carbocycles. The second kappa shape index (κ2) is 7.96. The Morgan fingerprint density at radius 3 is 2.64 bits per heavy atom. The van der Waals surface area contributed by atoms with Gasteiger partial charge in [-0.3, -0.25) is 4.68 Å². The molecular weight excluding hydrogens is 439 g/mol. The van der Waals surface area contributed by atoms with Crippen LogP contribution in [0.3, 0.4) is 0 Å². The van der Waals surface area contributed by atoms with Crippen molar-refractivity contribution in [3.63, 3.8) is 0 Å². The van der Waals surface area contributed by atoms with Gasteiger partial charge in [-0.1, -0.05) is 17.8 Å². The molecule has 0 amide bonds. The lowest BCUT2D eigenvalue weighted by atomic mass is 9.73. The van der Waals surface area contributed by atoms with E-state index in [0.29, 0.717) is 15.6 Å². The van der Waals surface area contributed by atoms with Crippen LogP contribution in [0.5, 0.6) is 0 Å². The number of nitrogens with zero attached hydrogens (tertiary/aromatic N) is 7. The Hall–Kier alpha value is -3.24. The molecule has 0 bridgehead atoms. The minimum absolute atomic E-state index is 0.0272. The molecule has 6 rings (SSSR count). The number of benzene rings is 1. The van der Waals surface area contributed by atoms with E-state index in [1.165, 1.54) is 16.4 Å². The second-order valence-corrected chi connectivity index (χ2v) is 9.66. The molecule has 5 heterocycles. The van der Waals surface area contributed by atoms with E-state index in [1.54, 1.807) is 43.0 Å². The van der Waals surface area contributed by atoms with Crippen molar-refractivity contribution in [1.82, 2.24) is 29.5 Å². The van der Waals surface area contributed by atoms with Gasteiger partial charge in [0, 0.05) is 43.6 Å². The Morgan fingerprint density at radius 1 is 1.03 bits per heavy atom. The van der Waals surface area contributed by atoms with E-state index in [0.717, 1.165) is 44.0 Å². The number of fused-ring (bicyclic) bond motifs is 1. The molecule has 0 saturated carbocycles. The van der Waals surface area contributed by atoms with Crippen molar-refractivity contribution >= 4 is 17.6 Å². The summed E-state index contributed by atoms with van der Waals surface area (Å²) in [6.07, 6.45) is 10.6. The first-order chi connectivity index (χ1) is 16.1. The van der Waals surface area contributed by atoms with Crippen molar-refractivity contribution in [3.8, 4) is 5.69 Å². The largest absolute Gasteiger partial charge is 0.355 e. The predicted octanol–water partition coefficient (Wildman–Crippen LogP) is 3.45. The van der Waals surface area contributed by atoms with Crippen molar-refractivity contribution < 1.29 is 4.39 Å². The molecule has 4 aromatic rings. The standard InChI is InChI=1S/C23H23FN8S/c24-21-16(31-10-2-8-28-31)3-1-4-18(21)33-20-14-26-19(13-27-20)30-11-6-23(7-12-30)15-32-17(22(23)25)5-9-29-32/h1-5,8-10,13-14,22H,6-7,11-12,15,25H2/t22-/m1/s1. The molecule has 1 fully saturated rings. The molecule has 1 atom stereocenters. The maximum atomic E-state index is 15.0. The number of halogens is 1. The molecule has 2 aliphatic heterocycles. The van der Waals surface area contributed by atoms with Crippen LogP contribution in [0.25, 0.3) is 5.69 Å². The van der Waals surface area contributed by atoms with Crippen LogP contribution in [0.2, 0.25) is 0 Å². The summed E-state index contributed by atoms with van der Waals surface area (Å²) in [5.74, 6) is 0.510. The van der Waals surface area contributed by atoms with Gasteiger partial charge in [-0.25, -0.2) is 19.0 Å². The molecular formula is C23H23FN8S. The smallest absolute Gasteiger partial charge is 0.162 e. The minimum Gasteiger partial charge on any atom is -0.355 e. The van der Waals surface area contributed by atoms with Crippen LogP contribution < -0.4 is 10.6 Å². The summed E-state index contributed by atoms with van der Waals surface area (Å²) in [6.45, 7) is 2.63. The topological polar surface area (TPSA) is 90.7 Å². The number of hydrogen-bond acceptors (Lipinski definition) is 7. The van der Waals surface area contributed by atoms with E-state index in [2.05, 4.69) is 25.1 Å². The van der Waals surface area contributed by atoms with E-state index in [-0.39, 0.29) is 17.3 Å². The summed E-state index contributed by atoms with van der Waals surface area (Å²) >= 11 is 1.26. The van der Waals surface area contributed by atoms with Crippen LogP contribution >= 0.6 is 11.8 Å². The highest BCUT2D eigenvalue weighted by molar-refractivity contribution is 7.99. The maximum Gasteiger partial charge on any atom is 0.162 e. The van der Waals surface area contributed by atoms with E-state index in [1.807, 2.05) is 23.0 Å². The minimum atomic E-state index is -0.328. The number of anilines is 1. The number of piperidine rings is 1. The quantitative estimate of drug-likeness (QED) is 0.497. The maximum absolute atomic E-state index is 15.0. The summed E-state index contributed by atoms with van der Waals surface area (Å²) in [5.41, 5.74) is 8.19. The molecule has 2 N–H and O–H groups in total. The first-order valence-corrected chi connectivity index (χ1v) is 11.8. The lowest BCUT2D eigenvalue weighted by Gasteiger charge is -2.41. The van der Waals surface area contributed by atoms with Gasteiger partial charge in [0.25, 0.3) is 0 Å². The summed E-state index contributed by atoms with van der Waals surface area (Å²) in [6, 6.07) is 9.07. The third-order valence-corrected chi connectivity index (χ3v) is 7.75. The second-order valence-electron chi connectivity index (χ2n) is 8.60. The Kier molecular flexibility index (Phi) is 4.92. The highest BCUT2D eigenvalue weighted by Crippen LogP contribution is 2.47. The molecule has 0 aliphatic carbocycles. The zero-order valence-electron chi connectivity index (χ0n) is 17.9. The molecule has 168 valence electrons. The molecule has 3 aromatic heterocycles. The fraction of sp³-hybridized carbons (Fsp3) is 0.304. The number of nitrogens with two attached hydrogens (primary N) is 1. The Labute approximate surface area is 194 Å². The molecule has 33 heavy (non-hydrogen) atoms. The normalized spacial score (nSPS) is 19.2. The molecule has 0 radical (unpaired) electrons. The lowest BCUT2D eigenvalue weighted by molar-refractivity contribution is 0.170. The average Bonchev–Trinajstić information content (AvgIpc) is 3.57. The van der Waals surface area contributed by atoms with Gasteiger partial charge < -0.3 is 10.6 Å². The fourth-order valence-electron chi connectivity index (χ4n) is 4.90. The van der Waals surface area contributed by atoms with E-state index < -0.39 is 0 Å². The predicted molar refractivity (Wildman–Crippen MR) is 123 cm³/mol. The van der Waals surface area contributed by atoms with Gasteiger partial charge in [-0.05, 0) is 37.1 Å². The van der Waals surface area contributed by atoms with Crippen LogP contribution in [-0.4, -0.2) is 42.6 Å². The third-order valence-electron chi connectivity index (χ3n) is 6.80. The van der Waals surface area contributed by atoms with Gasteiger partial charge in [0.05, 0.1) is 29.0 Å². The highest BCUT2D eigenvalue weighted by atomic mass is 32.2. The van der Waals surface area contributed by atoms with Crippen molar-refractivity contribution in [3.05, 3.63) is 72.8 Å². The zero-order valence-corrected chi connectivity index (χ0v) is 18.7. The Bertz CT molecular complexity index is 1260. The van der Waals surface area contributed by atoms with Crippen LogP contribution in [-0.2, 0) is 6.54 Å². The van der Waals surface area contributed by atoms with Crippen LogP contribution in [0.15, 0.2) is 71.2 Å². The molecule has 2 aliphatic rings.